The highest BCUT2D eigenvalue weighted by Gasteiger charge is 2.25. The van der Waals surface area contributed by atoms with Crippen molar-refractivity contribution in [3.63, 3.8) is 0 Å². The van der Waals surface area contributed by atoms with Crippen LogP contribution in [0.2, 0.25) is 0 Å². The average molecular weight is 448 g/mol. The van der Waals surface area contributed by atoms with Crippen LogP contribution in [-0.4, -0.2) is 19.4 Å². The number of nitrogens with one attached hydrogen (secondary N) is 1. The number of rotatable bonds is 6. The van der Waals surface area contributed by atoms with Crippen molar-refractivity contribution in [3.05, 3.63) is 95.4 Å². The van der Waals surface area contributed by atoms with Gasteiger partial charge in [-0.05, 0) is 28.8 Å². The maximum absolute atomic E-state index is 14.3. The highest BCUT2D eigenvalue weighted by Crippen LogP contribution is 2.38. The lowest BCUT2D eigenvalue weighted by molar-refractivity contribution is -0.105. The molecule has 160 valence electrons. The van der Waals surface area contributed by atoms with Crippen molar-refractivity contribution in [2.24, 2.45) is 0 Å². The Balaban J connectivity index is 1.73. The summed E-state index contributed by atoms with van der Waals surface area (Å²) in [6.45, 7) is 0. The third kappa shape index (κ3) is 4.15. The third-order valence-electron chi connectivity index (χ3n) is 5.07. The Bertz CT molecular complexity index is 1270. The van der Waals surface area contributed by atoms with E-state index in [0.29, 0.717) is 17.0 Å². The molecule has 0 saturated heterocycles. The minimum atomic E-state index is -0.852. The van der Waals surface area contributed by atoms with E-state index in [4.69, 9.17) is 0 Å². The Labute approximate surface area is 187 Å². The number of carbonyl (C=O) groups is 2. The summed E-state index contributed by atoms with van der Waals surface area (Å²) in [6.07, 6.45) is 0.489. The van der Waals surface area contributed by atoms with Crippen LogP contribution in [0.15, 0.2) is 78.2 Å². The van der Waals surface area contributed by atoms with Gasteiger partial charge in [-0.1, -0.05) is 54.6 Å². The normalized spacial score (nSPS) is 10.6. The number of hydrogen-bond donors (Lipinski definition) is 1. The van der Waals surface area contributed by atoms with Crippen molar-refractivity contribution in [3.8, 4) is 22.3 Å². The molecule has 0 unspecified atom stereocenters. The van der Waals surface area contributed by atoms with Crippen molar-refractivity contribution in [1.29, 1.82) is 0 Å². The van der Waals surface area contributed by atoms with Crippen LogP contribution >= 0.6 is 11.3 Å². The van der Waals surface area contributed by atoms with Gasteiger partial charge in [-0.25, -0.2) is 8.78 Å². The molecule has 0 spiro atoms. The first-order chi connectivity index (χ1) is 15.5. The number of amides is 2. The van der Waals surface area contributed by atoms with Gasteiger partial charge in [0.2, 0.25) is 6.41 Å². The summed E-state index contributed by atoms with van der Waals surface area (Å²) < 4.78 is 27.6. The summed E-state index contributed by atoms with van der Waals surface area (Å²) in [7, 11) is 1.41. The van der Waals surface area contributed by atoms with Crippen LogP contribution in [0.3, 0.4) is 0 Å². The third-order valence-corrected chi connectivity index (χ3v) is 5.98. The zero-order chi connectivity index (χ0) is 22.7. The van der Waals surface area contributed by atoms with E-state index in [9.17, 15) is 18.4 Å². The van der Waals surface area contributed by atoms with Gasteiger partial charge < -0.3 is 10.2 Å². The van der Waals surface area contributed by atoms with Gasteiger partial charge in [-0.3, -0.25) is 9.59 Å². The van der Waals surface area contributed by atoms with Crippen LogP contribution in [-0.2, 0) is 4.79 Å². The Morgan fingerprint density at radius 2 is 1.59 bits per heavy atom. The van der Waals surface area contributed by atoms with E-state index in [1.165, 1.54) is 24.5 Å². The number of carbonyl (C=O) groups excluding carboxylic acids is 2. The number of hydrogen-bond acceptors (Lipinski definition) is 3. The highest BCUT2D eigenvalue weighted by atomic mass is 32.1. The molecule has 0 fully saturated rings. The molecule has 3 aromatic carbocycles. The monoisotopic (exact) mass is 448 g/mol. The molecule has 0 saturated carbocycles. The van der Waals surface area contributed by atoms with E-state index in [-0.39, 0.29) is 11.3 Å². The van der Waals surface area contributed by atoms with E-state index >= 15 is 0 Å². The fourth-order valence-corrected chi connectivity index (χ4v) is 4.37. The molecule has 1 aromatic heterocycles. The number of thiophene rings is 1. The summed E-state index contributed by atoms with van der Waals surface area (Å²) in [5.41, 5.74) is 3.64. The SMILES string of the molecule is CN(C(=O)c1c(-c2ccc(-c3ccccc3)cc2)csc1NC=O)c1ccc(F)cc1F. The van der Waals surface area contributed by atoms with Crippen molar-refractivity contribution >= 4 is 34.3 Å². The summed E-state index contributed by atoms with van der Waals surface area (Å²) in [5, 5.41) is 4.67. The van der Waals surface area contributed by atoms with Gasteiger partial charge in [0, 0.05) is 24.1 Å². The van der Waals surface area contributed by atoms with Crippen molar-refractivity contribution in [2.75, 3.05) is 17.3 Å². The molecular formula is C25H18F2N2O2S. The molecule has 0 aliphatic carbocycles. The lowest BCUT2D eigenvalue weighted by Crippen LogP contribution is -2.28. The molecule has 32 heavy (non-hydrogen) atoms. The van der Waals surface area contributed by atoms with E-state index in [1.54, 1.807) is 5.38 Å². The van der Waals surface area contributed by atoms with Crippen LogP contribution < -0.4 is 10.2 Å². The topological polar surface area (TPSA) is 49.4 Å². The largest absolute Gasteiger partial charge is 0.320 e. The second-order valence-electron chi connectivity index (χ2n) is 7.02. The fourth-order valence-electron chi connectivity index (χ4n) is 3.45. The van der Waals surface area contributed by atoms with Gasteiger partial charge >= 0.3 is 0 Å². The molecule has 1 heterocycles. The number of nitrogens with zero attached hydrogens (tertiary/aromatic N) is 1. The zero-order valence-electron chi connectivity index (χ0n) is 17.0. The molecule has 0 aliphatic heterocycles. The molecule has 4 nitrogen and oxygen atoms in total. The molecular weight excluding hydrogens is 430 g/mol. The smallest absolute Gasteiger partial charge is 0.261 e. The van der Waals surface area contributed by atoms with Crippen LogP contribution in [0.1, 0.15) is 10.4 Å². The Kier molecular flexibility index (Phi) is 6.09. The number of anilines is 2. The summed E-state index contributed by atoms with van der Waals surface area (Å²) >= 11 is 1.20. The lowest BCUT2D eigenvalue weighted by Gasteiger charge is -2.19. The van der Waals surface area contributed by atoms with Gasteiger partial charge in [-0.15, -0.1) is 11.3 Å². The van der Waals surface area contributed by atoms with Crippen LogP contribution in [0.25, 0.3) is 22.3 Å². The molecule has 0 aliphatic rings. The van der Waals surface area contributed by atoms with Gasteiger partial charge in [0.05, 0.1) is 11.3 Å². The van der Waals surface area contributed by atoms with Crippen LogP contribution in [0.4, 0.5) is 19.5 Å². The first-order valence-electron chi connectivity index (χ1n) is 9.70. The van der Waals surface area contributed by atoms with Crippen molar-refractivity contribution in [2.45, 2.75) is 0 Å². The second kappa shape index (κ2) is 9.11. The first kappa shape index (κ1) is 21.4. The average Bonchev–Trinajstić information content (AvgIpc) is 3.23. The molecule has 0 atom stereocenters. The molecule has 4 rings (SSSR count). The number of benzene rings is 3. The Morgan fingerprint density at radius 3 is 2.25 bits per heavy atom. The van der Waals surface area contributed by atoms with E-state index in [1.807, 2.05) is 54.6 Å². The summed E-state index contributed by atoms with van der Waals surface area (Å²) in [6, 6.07) is 20.6. The zero-order valence-corrected chi connectivity index (χ0v) is 17.8. The minimum Gasteiger partial charge on any atom is -0.320 e. The number of halogens is 2. The minimum absolute atomic E-state index is 0.0648. The lowest BCUT2D eigenvalue weighted by atomic mass is 9.99. The molecule has 7 heteroatoms. The van der Waals surface area contributed by atoms with Gasteiger partial charge in [0.25, 0.3) is 5.91 Å². The summed E-state index contributed by atoms with van der Waals surface area (Å²) in [5.74, 6) is -2.11. The predicted octanol–water partition coefficient (Wildman–Crippen LogP) is 6.21. The van der Waals surface area contributed by atoms with Crippen LogP contribution in [0, 0.1) is 11.6 Å². The van der Waals surface area contributed by atoms with E-state index in [0.717, 1.165) is 33.7 Å². The maximum Gasteiger partial charge on any atom is 0.261 e. The second-order valence-corrected chi connectivity index (χ2v) is 7.90. The summed E-state index contributed by atoms with van der Waals surface area (Å²) in [4.78, 5) is 25.5. The standard InChI is InChI=1S/C25H18F2N2O2S/c1-29(22-12-11-19(26)13-21(22)27)25(31)23-20(14-32-24(23)28-15-30)18-9-7-17(8-10-18)16-5-3-2-4-6-16/h2-15H,1H3,(H,28,30). The highest BCUT2D eigenvalue weighted by molar-refractivity contribution is 7.15. The van der Waals surface area contributed by atoms with E-state index < -0.39 is 17.5 Å². The predicted molar refractivity (Wildman–Crippen MR) is 124 cm³/mol. The molecule has 0 bridgehead atoms. The molecule has 2 amide bonds. The molecule has 4 aromatic rings. The molecule has 0 radical (unpaired) electrons. The van der Waals surface area contributed by atoms with Gasteiger partial charge in [0.1, 0.15) is 16.6 Å². The molecule has 1 N–H and O–H groups in total. The van der Waals surface area contributed by atoms with Gasteiger partial charge in [-0.2, -0.15) is 0 Å². The fraction of sp³-hybridized carbons (Fsp3) is 0.0400. The maximum atomic E-state index is 14.3. The van der Waals surface area contributed by atoms with Crippen molar-refractivity contribution in [1.82, 2.24) is 0 Å². The van der Waals surface area contributed by atoms with Crippen molar-refractivity contribution < 1.29 is 18.4 Å². The first-order valence-corrected chi connectivity index (χ1v) is 10.6. The Morgan fingerprint density at radius 1 is 0.938 bits per heavy atom. The van der Waals surface area contributed by atoms with E-state index in [2.05, 4.69) is 5.32 Å². The Hall–Kier alpha value is -3.84. The quantitative estimate of drug-likeness (QED) is 0.357. The van der Waals surface area contributed by atoms with Gasteiger partial charge in [0.15, 0.2) is 0 Å². The van der Waals surface area contributed by atoms with Crippen LogP contribution in [0.5, 0.6) is 0 Å².